The molecule has 2 heterocycles. The Hall–Kier alpha value is -2.31. The molecule has 1 fully saturated rings. The Kier molecular flexibility index (Phi) is 6.68. The average molecular weight is 371 g/mol. The number of piperazine rings is 1. The van der Waals surface area contributed by atoms with Crippen molar-refractivity contribution < 1.29 is 14.7 Å². The number of rotatable bonds is 7. The molecule has 0 aliphatic carbocycles. The molecule has 2 aromatic rings. The average Bonchev–Trinajstić information content (AvgIpc) is 2.68. The first-order valence-corrected chi connectivity index (χ1v) is 9.92. The summed E-state index contributed by atoms with van der Waals surface area (Å²) in [4.78, 5) is 20.5. The van der Waals surface area contributed by atoms with Gasteiger partial charge in [-0.1, -0.05) is 24.3 Å². The number of quaternary nitrogens is 1. The molecular formula is C20H26N4OS+2. The van der Waals surface area contributed by atoms with Gasteiger partial charge in [-0.05, 0) is 18.2 Å². The van der Waals surface area contributed by atoms with Crippen LogP contribution in [0.25, 0.3) is 0 Å². The molecule has 0 spiro atoms. The highest BCUT2D eigenvalue weighted by atomic mass is 32.2. The van der Waals surface area contributed by atoms with E-state index in [1.54, 1.807) is 11.8 Å². The Bertz CT molecular complexity index is 730. The third kappa shape index (κ3) is 5.09. The number of aromatic amines is 1. The molecule has 3 rings (SSSR count). The quantitative estimate of drug-likeness (QED) is 0.567. The van der Waals surface area contributed by atoms with Gasteiger partial charge in [-0.15, -0.1) is 18.3 Å². The Balaban J connectivity index is 1.50. The van der Waals surface area contributed by atoms with E-state index in [1.807, 2.05) is 48.7 Å². The second kappa shape index (κ2) is 9.40. The van der Waals surface area contributed by atoms with E-state index in [1.165, 1.54) is 4.90 Å². The van der Waals surface area contributed by atoms with E-state index in [4.69, 9.17) is 0 Å². The second-order valence-corrected chi connectivity index (χ2v) is 7.37. The van der Waals surface area contributed by atoms with Crippen LogP contribution in [0.3, 0.4) is 0 Å². The predicted molar refractivity (Wildman–Crippen MR) is 107 cm³/mol. The maximum Gasteiger partial charge on any atom is 0.279 e. The van der Waals surface area contributed by atoms with Crippen molar-refractivity contribution in [3.63, 3.8) is 0 Å². The summed E-state index contributed by atoms with van der Waals surface area (Å²) < 4.78 is 0. The standard InChI is InChI=1S/C20H24N4OS/c1-2-15-26-18-8-4-3-7-17(18)22-20(25)16-23-11-13-24(14-12-23)19-9-5-6-10-21-19/h2-10H,1,11-16H2,(H,22,25)/p+2. The lowest BCUT2D eigenvalue weighted by Gasteiger charge is -2.27. The van der Waals surface area contributed by atoms with E-state index in [9.17, 15) is 4.79 Å². The molecule has 26 heavy (non-hydrogen) atoms. The van der Waals surface area contributed by atoms with Gasteiger partial charge < -0.3 is 10.2 Å². The van der Waals surface area contributed by atoms with Crippen molar-refractivity contribution in [3.8, 4) is 0 Å². The van der Waals surface area contributed by atoms with Crippen molar-refractivity contribution >= 4 is 29.2 Å². The highest BCUT2D eigenvalue weighted by Crippen LogP contribution is 2.26. The van der Waals surface area contributed by atoms with Gasteiger partial charge in [0.2, 0.25) is 0 Å². The molecule has 136 valence electrons. The number of hydrogen-bond donors (Lipinski definition) is 2. The van der Waals surface area contributed by atoms with Crippen molar-refractivity contribution in [1.82, 2.24) is 0 Å². The summed E-state index contributed by atoms with van der Waals surface area (Å²) in [5.74, 6) is 2.05. The van der Waals surface area contributed by atoms with E-state index in [0.717, 1.165) is 48.3 Å². The van der Waals surface area contributed by atoms with Crippen LogP contribution in [0.15, 0.2) is 66.2 Å². The fourth-order valence-electron chi connectivity index (χ4n) is 3.09. The Labute approximate surface area is 159 Å². The number of anilines is 2. The van der Waals surface area contributed by atoms with E-state index in [0.29, 0.717) is 6.54 Å². The molecule has 0 radical (unpaired) electrons. The molecule has 6 heteroatoms. The Morgan fingerprint density at radius 3 is 2.73 bits per heavy atom. The molecule has 1 aliphatic heterocycles. The summed E-state index contributed by atoms with van der Waals surface area (Å²) >= 11 is 1.68. The Morgan fingerprint density at radius 1 is 1.23 bits per heavy atom. The fourth-order valence-corrected chi connectivity index (χ4v) is 3.83. The number of pyridine rings is 1. The summed E-state index contributed by atoms with van der Waals surface area (Å²) in [6.07, 6.45) is 3.82. The summed E-state index contributed by atoms with van der Waals surface area (Å²) in [6, 6.07) is 14.1. The van der Waals surface area contributed by atoms with Crippen molar-refractivity contribution in [1.29, 1.82) is 0 Å². The van der Waals surface area contributed by atoms with Crippen LogP contribution in [0.2, 0.25) is 0 Å². The molecule has 5 nitrogen and oxygen atoms in total. The minimum absolute atomic E-state index is 0.0753. The van der Waals surface area contributed by atoms with Gasteiger partial charge in [-0.2, -0.15) is 0 Å². The molecular weight excluding hydrogens is 344 g/mol. The van der Waals surface area contributed by atoms with E-state index in [-0.39, 0.29) is 5.91 Å². The lowest BCUT2D eigenvalue weighted by atomic mass is 10.3. The number of nitrogens with zero attached hydrogens (tertiary/aromatic N) is 1. The van der Waals surface area contributed by atoms with Crippen molar-refractivity contribution in [2.24, 2.45) is 0 Å². The van der Waals surface area contributed by atoms with Crippen LogP contribution in [0, 0.1) is 0 Å². The number of carbonyl (C=O) groups excluding carboxylic acids is 1. The number of benzene rings is 1. The summed E-state index contributed by atoms with van der Waals surface area (Å²) in [5, 5.41) is 3.07. The van der Waals surface area contributed by atoms with Gasteiger partial charge in [0.25, 0.3) is 11.7 Å². The third-order valence-electron chi connectivity index (χ3n) is 4.43. The number of thioether (sulfide) groups is 1. The molecule has 1 amide bonds. The van der Waals surface area contributed by atoms with Gasteiger partial charge in [0.05, 0.1) is 11.9 Å². The highest BCUT2D eigenvalue weighted by molar-refractivity contribution is 7.99. The monoisotopic (exact) mass is 370 g/mol. The maximum atomic E-state index is 12.5. The molecule has 1 aromatic heterocycles. The van der Waals surface area contributed by atoms with Crippen LogP contribution in [0.1, 0.15) is 0 Å². The van der Waals surface area contributed by atoms with Crippen LogP contribution >= 0.6 is 11.8 Å². The number of carbonyl (C=O) groups is 1. The molecule has 0 unspecified atom stereocenters. The summed E-state index contributed by atoms with van der Waals surface area (Å²) in [7, 11) is 0. The lowest BCUT2D eigenvalue weighted by molar-refractivity contribution is -0.892. The van der Waals surface area contributed by atoms with Crippen molar-refractivity contribution in [3.05, 3.63) is 61.3 Å². The second-order valence-electron chi connectivity index (χ2n) is 6.31. The normalized spacial score (nSPS) is 14.8. The third-order valence-corrected chi connectivity index (χ3v) is 5.50. The summed E-state index contributed by atoms with van der Waals surface area (Å²) in [6.45, 7) is 8.09. The zero-order chi connectivity index (χ0) is 18.2. The molecule has 1 aliphatic rings. The van der Waals surface area contributed by atoms with Crippen LogP contribution in [0.5, 0.6) is 0 Å². The van der Waals surface area contributed by atoms with E-state index in [2.05, 4.69) is 27.8 Å². The van der Waals surface area contributed by atoms with E-state index < -0.39 is 0 Å². The molecule has 1 aromatic carbocycles. The number of aromatic nitrogens is 1. The predicted octanol–water partition coefficient (Wildman–Crippen LogP) is 1.12. The van der Waals surface area contributed by atoms with Gasteiger partial charge in [0.1, 0.15) is 26.2 Å². The van der Waals surface area contributed by atoms with Crippen LogP contribution in [-0.4, -0.2) is 44.4 Å². The first-order chi connectivity index (χ1) is 12.8. The topological polar surface area (TPSA) is 50.9 Å². The zero-order valence-electron chi connectivity index (χ0n) is 14.9. The first kappa shape index (κ1) is 18.5. The smallest absolute Gasteiger partial charge is 0.279 e. The molecule has 3 N–H and O–H groups in total. The zero-order valence-corrected chi connectivity index (χ0v) is 15.7. The minimum atomic E-state index is 0.0753. The van der Waals surface area contributed by atoms with Crippen LogP contribution < -0.4 is 20.1 Å². The van der Waals surface area contributed by atoms with Gasteiger partial charge >= 0.3 is 0 Å². The van der Waals surface area contributed by atoms with Gasteiger partial charge in [-0.25, -0.2) is 4.98 Å². The number of nitrogens with one attached hydrogen (secondary N) is 3. The van der Waals surface area contributed by atoms with Gasteiger partial charge in [0.15, 0.2) is 6.54 Å². The molecule has 0 saturated carbocycles. The number of hydrogen-bond acceptors (Lipinski definition) is 3. The van der Waals surface area contributed by atoms with E-state index >= 15 is 0 Å². The fraction of sp³-hybridized carbons (Fsp3) is 0.300. The number of amides is 1. The van der Waals surface area contributed by atoms with Gasteiger partial charge in [-0.3, -0.25) is 9.69 Å². The Morgan fingerprint density at radius 2 is 2.00 bits per heavy atom. The van der Waals surface area contributed by atoms with Crippen molar-refractivity contribution in [2.75, 3.05) is 48.7 Å². The molecule has 0 bridgehead atoms. The maximum absolute atomic E-state index is 12.5. The SMILES string of the molecule is C=CCSc1ccccc1NC(=O)C[NH+]1CCN(c2cccc[nH+]2)CC1. The van der Waals surface area contributed by atoms with Crippen LogP contribution in [0.4, 0.5) is 11.5 Å². The number of para-hydroxylation sites is 1. The van der Waals surface area contributed by atoms with Crippen molar-refractivity contribution in [2.45, 2.75) is 4.90 Å². The number of H-pyrrole nitrogens is 1. The summed E-state index contributed by atoms with van der Waals surface area (Å²) in [5.41, 5.74) is 0.890. The molecule has 0 atom stereocenters. The lowest BCUT2D eigenvalue weighted by Crippen LogP contribution is -3.15. The van der Waals surface area contributed by atoms with Crippen LogP contribution in [-0.2, 0) is 4.79 Å². The molecule has 1 saturated heterocycles. The first-order valence-electron chi connectivity index (χ1n) is 8.94. The largest absolute Gasteiger partial charge is 0.321 e. The van der Waals surface area contributed by atoms with Gasteiger partial charge in [0, 0.05) is 16.7 Å². The minimum Gasteiger partial charge on any atom is -0.321 e. The highest BCUT2D eigenvalue weighted by Gasteiger charge is 2.27.